The molecule has 0 atom stereocenters. The van der Waals surface area contributed by atoms with Gasteiger partial charge in [0.2, 0.25) is 0 Å². The van der Waals surface area contributed by atoms with Crippen LogP contribution < -0.4 is 0 Å². The van der Waals surface area contributed by atoms with E-state index in [1.165, 1.54) is 0 Å². The third-order valence-electron chi connectivity index (χ3n) is 1.41. The van der Waals surface area contributed by atoms with Gasteiger partial charge >= 0.3 is 0 Å². The van der Waals surface area contributed by atoms with E-state index in [0.717, 1.165) is 15.2 Å². The van der Waals surface area contributed by atoms with Crippen molar-refractivity contribution in [1.82, 2.24) is 9.97 Å². The minimum Gasteiger partial charge on any atom is -0.238 e. The molecule has 0 spiro atoms. The summed E-state index contributed by atoms with van der Waals surface area (Å²) in [6.45, 7) is 1.93. The van der Waals surface area contributed by atoms with Crippen LogP contribution in [0.15, 0.2) is 6.07 Å². The van der Waals surface area contributed by atoms with Crippen molar-refractivity contribution < 1.29 is 0 Å². The van der Waals surface area contributed by atoms with Crippen LogP contribution in [0.3, 0.4) is 0 Å². The summed E-state index contributed by atoms with van der Waals surface area (Å²) < 4.78 is 0.984. The molecule has 0 amide bonds. The third kappa shape index (κ3) is 1.28. The fourth-order valence-electron chi connectivity index (χ4n) is 0.976. The first-order chi connectivity index (χ1) is 5.66. The lowest BCUT2D eigenvalue weighted by molar-refractivity contribution is 1.30. The van der Waals surface area contributed by atoms with Crippen LogP contribution in [0.1, 0.15) is 5.01 Å². The zero-order valence-electron chi connectivity index (χ0n) is 6.14. The molecule has 0 fully saturated rings. The van der Waals surface area contributed by atoms with Crippen LogP contribution in [0.5, 0.6) is 0 Å². The van der Waals surface area contributed by atoms with E-state index < -0.39 is 0 Å². The molecule has 0 aliphatic rings. The van der Waals surface area contributed by atoms with Crippen LogP contribution in [0.4, 0.5) is 0 Å². The topological polar surface area (TPSA) is 25.8 Å². The number of fused-ring (bicyclic) bond motifs is 1. The van der Waals surface area contributed by atoms with Crippen LogP contribution in [0.25, 0.3) is 10.2 Å². The second kappa shape index (κ2) is 2.83. The van der Waals surface area contributed by atoms with Crippen LogP contribution in [-0.2, 0) is 0 Å². The van der Waals surface area contributed by atoms with Gasteiger partial charge in [0.1, 0.15) is 10.7 Å². The molecule has 0 aliphatic carbocycles. The monoisotopic (exact) mass is 218 g/mol. The summed E-state index contributed by atoms with van der Waals surface area (Å²) in [7, 11) is 0. The van der Waals surface area contributed by atoms with Crippen LogP contribution in [0, 0.1) is 6.92 Å². The molecule has 0 N–H and O–H groups in total. The van der Waals surface area contributed by atoms with Gasteiger partial charge in [-0.05, 0) is 13.0 Å². The van der Waals surface area contributed by atoms with Crippen LogP contribution in [0.2, 0.25) is 10.3 Å². The first-order valence-electron chi connectivity index (χ1n) is 3.26. The summed E-state index contributed by atoms with van der Waals surface area (Å²) in [4.78, 5) is 8.11. The number of aryl methyl sites for hydroxylation is 1. The molecule has 5 heteroatoms. The van der Waals surface area contributed by atoms with E-state index in [0.29, 0.717) is 10.3 Å². The van der Waals surface area contributed by atoms with Crippen molar-refractivity contribution in [2.24, 2.45) is 0 Å². The van der Waals surface area contributed by atoms with Gasteiger partial charge in [-0.15, -0.1) is 11.3 Å². The standard InChI is InChI=1S/C7H4Cl2N2S/c1-3-10-6-4(12-3)2-5(8)11-7(6)9/h2H,1H3. The van der Waals surface area contributed by atoms with Crippen molar-refractivity contribution in [1.29, 1.82) is 0 Å². The molecule has 2 rings (SSSR count). The van der Waals surface area contributed by atoms with E-state index in [9.17, 15) is 0 Å². The molecular weight excluding hydrogens is 215 g/mol. The quantitative estimate of drug-likeness (QED) is 0.635. The molecule has 0 bridgehead atoms. The smallest absolute Gasteiger partial charge is 0.157 e. The van der Waals surface area contributed by atoms with Gasteiger partial charge in [-0.2, -0.15) is 0 Å². The Balaban J connectivity index is 2.88. The summed E-state index contributed by atoms with van der Waals surface area (Å²) in [6.07, 6.45) is 0. The SMILES string of the molecule is Cc1nc2c(Cl)nc(Cl)cc2s1. The minimum absolute atomic E-state index is 0.377. The molecule has 0 saturated heterocycles. The van der Waals surface area contributed by atoms with E-state index >= 15 is 0 Å². The lowest BCUT2D eigenvalue weighted by Crippen LogP contribution is -1.78. The van der Waals surface area contributed by atoms with Gasteiger partial charge in [0.15, 0.2) is 5.15 Å². The predicted molar refractivity (Wildman–Crippen MR) is 52.2 cm³/mol. The Labute approximate surface area is 83.2 Å². The maximum Gasteiger partial charge on any atom is 0.157 e. The second-order valence-corrected chi connectivity index (χ2v) is 4.30. The highest BCUT2D eigenvalue weighted by Crippen LogP contribution is 2.28. The van der Waals surface area contributed by atoms with E-state index in [4.69, 9.17) is 23.2 Å². The highest BCUT2D eigenvalue weighted by atomic mass is 35.5. The van der Waals surface area contributed by atoms with Crippen molar-refractivity contribution in [3.05, 3.63) is 21.4 Å². The molecule has 0 unspecified atom stereocenters. The molecule has 2 nitrogen and oxygen atoms in total. The number of pyridine rings is 1. The molecule has 2 heterocycles. The fourth-order valence-corrected chi connectivity index (χ4v) is 2.43. The molecule has 0 radical (unpaired) electrons. The predicted octanol–water partition coefficient (Wildman–Crippen LogP) is 3.31. The molecular formula is C7H4Cl2N2S. The van der Waals surface area contributed by atoms with Crippen molar-refractivity contribution in [2.45, 2.75) is 6.92 Å². The van der Waals surface area contributed by atoms with E-state index in [1.54, 1.807) is 17.4 Å². The Morgan fingerprint density at radius 3 is 2.83 bits per heavy atom. The number of rotatable bonds is 0. The first kappa shape index (κ1) is 8.23. The lowest BCUT2D eigenvalue weighted by atomic mass is 10.4. The summed E-state index contributed by atoms with van der Waals surface area (Å²) in [6, 6.07) is 1.77. The number of nitrogens with zero attached hydrogens (tertiary/aromatic N) is 2. The maximum atomic E-state index is 5.82. The Morgan fingerprint density at radius 2 is 2.08 bits per heavy atom. The Hall–Kier alpha value is -0.380. The van der Waals surface area contributed by atoms with E-state index in [-0.39, 0.29) is 0 Å². The van der Waals surface area contributed by atoms with Crippen molar-refractivity contribution >= 4 is 44.8 Å². The first-order valence-corrected chi connectivity index (χ1v) is 4.83. The van der Waals surface area contributed by atoms with Gasteiger partial charge < -0.3 is 0 Å². The highest BCUT2D eigenvalue weighted by molar-refractivity contribution is 7.18. The highest BCUT2D eigenvalue weighted by Gasteiger charge is 2.06. The van der Waals surface area contributed by atoms with E-state index in [1.807, 2.05) is 6.92 Å². The van der Waals surface area contributed by atoms with Crippen molar-refractivity contribution in [2.75, 3.05) is 0 Å². The zero-order chi connectivity index (χ0) is 8.72. The molecule has 12 heavy (non-hydrogen) atoms. The van der Waals surface area contributed by atoms with Gasteiger partial charge in [-0.25, -0.2) is 9.97 Å². The van der Waals surface area contributed by atoms with Gasteiger partial charge in [-0.3, -0.25) is 0 Å². The third-order valence-corrected chi connectivity index (χ3v) is 2.79. The van der Waals surface area contributed by atoms with Crippen molar-refractivity contribution in [3.63, 3.8) is 0 Å². The van der Waals surface area contributed by atoms with Gasteiger partial charge in [0.25, 0.3) is 0 Å². The number of halogens is 2. The van der Waals surface area contributed by atoms with Gasteiger partial charge in [-0.1, -0.05) is 23.2 Å². The summed E-state index contributed by atoms with van der Waals surface area (Å²) in [5, 5.41) is 1.76. The average Bonchev–Trinajstić information content (AvgIpc) is 2.29. The minimum atomic E-state index is 0.377. The summed E-state index contributed by atoms with van der Waals surface area (Å²) in [5.41, 5.74) is 0.739. The van der Waals surface area contributed by atoms with Gasteiger partial charge in [0.05, 0.1) is 9.71 Å². The summed E-state index contributed by atoms with van der Waals surface area (Å²) >= 11 is 13.1. The molecule has 2 aromatic rings. The second-order valence-electron chi connectivity index (χ2n) is 2.32. The van der Waals surface area contributed by atoms with Gasteiger partial charge in [0, 0.05) is 0 Å². The maximum absolute atomic E-state index is 5.82. The van der Waals surface area contributed by atoms with Crippen LogP contribution in [-0.4, -0.2) is 9.97 Å². The number of aromatic nitrogens is 2. The molecule has 0 aliphatic heterocycles. The van der Waals surface area contributed by atoms with Crippen LogP contribution >= 0.6 is 34.5 Å². The zero-order valence-corrected chi connectivity index (χ0v) is 8.46. The number of hydrogen-bond donors (Lipinski definition) is 0. The number of thiazole rings is 1. The van der Waals surface area contributed by atoms with E-state index in [2.05, 4.69) is 9.97 Å². The normalized spacial score (nSPS) is 10.9. The van der Waals surface area contributed by atoms with Crippen molar-refractivity contribution in [3.8, 4) is 0 Å². The lowest BCUT2D eigenvalue weighted by Gasteiger charge is -1.91. The molecule has 0 saturated carbocycles. The number of hydrogen-bond acceptors (Lipinski definition) is 3. The Kier molecular flexibility index (Phi) is 1.94. The molecule has 2 aromatic heterocycles. The average molecular weight is 219 g/mol. The molecule has 0 aromatic carbocycles. The Morgan fingerprint density at radius 1 is 1.33 bits per heavy atom. The Bertz CT molecular complexity index is 438. The fraction of sp³-hybridized carbons (Fsp3) is 0.143. The summed E-state index contributed by atoms with van der Waals surface area (Å²) in [5.74, 6) is 0. The molecule has 62 valence electrons. The largest absolute Gasteiger partial charge is 0.238 e.